The fraction of sp³-hybridized carbons (Fsp3) is 0.400. The van der Waals surface area contributed by atoms with Gasteiger partial charge in [0.1, 0.15) is 0 Å². The van der Waals surface area contributed by atoms with Gasteiger partial charge in [0.2, 0.25) is 0 Å². The monoisotopic (exact) mass is 243 g/mol. The summed E-state index contributed by atoms with van der Waals surface area (Å²) in [5.74, 6) is 0. The number of hydrogen-bond acceptors (Lipinski definition) is 2. The second-order valence-electron chi connectivity index (χ2n) is 4.55. The first kappa shape index (κ1) is 12.7. The van der Waals surface area contributed by atoms with Gasteiger partial charge in [-0.15, -0.1) is 0 Å². The Hall–Kier alpha value is -1.77. The first-order chi connectivity index (χ1) is 8.72. The second kappa shape index (κ2) is 5.71. The van der Waals surface area contributed by atoms with Crippen LogP contribution >= 0.6 is 0 Å². The van der Waals surface area contributed by atoms with Gasteiger partial charge in [-0.2, -0.15) is 5.10 Å². The topological polar surface area (TPSA) is 29.9 Å². The Kier molecular flexibility index (Phi) is 4.03. The Labute approximate surface area is 109 Å². The van der Waals surface area contributed by atoms with Gasteiger partial charge in [-0.3, -0.25) is 4.68 Å². The molecule has 1 atom stereocenters. The van der Waals surface area contributed by atoms with Crippen molar-refractivity contribution >= 4 is 5.69 Å². The van der Waals surface area contributed by atoms with Crippen molar-refractivity contribution in [1.29, 1.82) is 0 Å². The molecule has 0 saturated carbocycles. The highest BCUT2D eigenvalue weighted by Crippen LogP contribution is 2.19. The Morgan fingerprint density at radius 2 is 2.17 bits per heavy atom. The van der Waals surface area contributed by atoms with Crippen molar-refractivity contribution in [2.45, 2.75) is 39.8 Å². The van der Waals surface area contributed by atoms with Crippen LogP contribution < -0.4 is 5.32 Å². The SMILES string of the molecule is CCc1cccc(NC(C)c2cnn(CC)c2)c1. The molecule has 0 amide bonds. The average Bonchev–Trinajstić information content (AvgIpc) is 2.88. The van der Waals surface area contributed by atoms with Crippen LogP contribution in [0.25, 0.3) is 0 Å². The second-order valence-corrected chi connectivity index (χ2v) is 4.55. The molecule has 3 nitrogen and oxygen atoms in total. The van der Waals surface area contributed by atoms with Crippen molar-refractivity contribution in [3.8, 4) is 0 Å². The molecule has 1 unspecified atom stereocenters. The molecule has 2 rings (SSSR count). The minimum atomic E-state index is 0.275. The molecule has 18 heavy (non-hydrogen) atoms. The van der Waals surface area contributed by atoms with Crippen LogP contribution in [0.15, 0.2) is 36.7 Å². The molecule has 1 heterocycles. The van der Waals surface area contributed by atoms with Gasteiger partial charge < -0.3 is 5.32 Å². The quantitative estimate of drug-likeness (QED) is 0.869. The number of aryl methyl sites for hydroxylation is 2. The number of rotatable bonds is 5. The molecule has 0 radical (unpaired) electrons. The molecule has 0 aliphatic rings. The van der Waals surface area contributed by atoms with Crippen LogP contribution in [0.1, 0.15) is 37.9 Å². The number of nitrogens with zero attached hydrogens (tertiary/aromatic N) is 2. The van der Waals surface area contributed by atoms with Crippen LogP contribution in [0.3, 0.4) is 0 Å². The van der Waals surface area contributed by atoms with E-state index < -0.39 is 0 Å². The van der Waals surface area contributed by atoms with Gasteiger partial charge in [-0.05, 0) is 38.0 Å². The highest BCUT2D eigenvalue weighted by Gasteiger charge is 2.07. The number of anilines is 1. The summed E-state index contributed by atoms with van der Waals surface area (Å²) in [4.78, 5) is 0. The molecule has 2 aromatic rings. The van der Waals surface area contributed by atoms with Gasteiger partial charge in [-0.1, -0.05) is 19.1 Å². The molecule has 1 aromatic heterocycles. The fourth-order valence-electron chi connectivity index (χ4n) is 1.99. The Morgan fingerprint density at radius 1 is 1.33 bits per heavy atom. The summed E-state index contributed by atoms with van der Waals surface area (Å²) >= 11 is 0. The standard InChI is InChI=1S/C15H21N3/c1-4-13-7-6-8-15(9-13)17-12(3)14-10-16-18(5-2)11-14/h6-12,17H,4-5H2,1-3H3. The Morgan fingerprint density at radius 3 is 2.83 bits per heavy atom. The molecule has 0 aliphatic heterocycles. The lowest BCUT2D eigenvalue weighted by Gasteiger charge is -2.14. The third-order valence-electron chi connectivity index (χ3n) is 3.20. The van der Waals surface area contributed by atoms with E-state index in [2.05, 4.69) is 61.6 Å². The number of aromatic nitrogens is 2. The summed E-state index contributed by atoms with van der Waals surface area (Å²) in [7, 11) is 0. The van der Waals surface area contributed by atoms with Crippen LogP contribution in [0.2, 0.25) is 0 Å². The summed E-state index contributed by atoms with van der Waals surface area (Å²) in [6.45, 7) is 7.35. The number of nitrogens with one attached hydrogen (secondary N) is 1. The van der Waals surface area contributed by atoms with Gasteiger partial charge in [-0.25, -0.2) is 0 Å². The Balaban J connectivity index is 2.08. The maximum atomic E-state index is 4.31. The van der Waals surface area contributed by atoms with Crippen LogP contribution in [-0.4, -0.2) is 9.78 Å². The predicted octanol–water partition coefficient (Wildman–Crippen LogP) is 3.64. The van der Waals surface area contributed by atoms with Crippen LogP contribution in [-0.2, 0) is 13.0 Å². The first-order valence-electron chi connectivity index (χ1n) is 6.60. The third kappa shape index (κ3) is 2.92. The van der Waals surface area contributed by atoms with E-state index in [4.69, 9.17) is 0 Å². The van der Waals surface area contributed by atoms with Crippen LogP contribution in [0.5, 0.6) is 0 Å². The van der Waals surface area contributed by atoms with E-state index in [1.165, 1.54) is 16.8 Å². The number of benzene rings is 1. The molecule has 1 aromatic carbocycles. The van der Waals surface area contributed by atoms with Gasteiger partial charge in [0.05, 0.1) is 12.2 Å². The molecular weight excluding hydrogens is 222 g/mol. The van der Waals surface area contributed by atoms with E-state index in [0.717, 1.165) is 13.0 Å². The van der Waals surface area contributed by atoms with Gasteiger partial charge in [0.25, 0.3) is 0 Å². The lowest BCUT2D eigenvalue weighted by Crippen LogP contribution is -2.06. The summed E-state index contributed by atoms with van der Waals surface area (Å²) < 4.78 is 1.95. The maximum Gasteiger partial charge on any atom is 0.0542 e. The summed E-state index contributed by atoms with van der Waals surface area (Å²) in [5, 5.41) is 7.82. The van der Waals surface area contributed by atoms with Crippen LogP contribution in [0, 0.1) is 0 Å². The molecule has 96 valence electrons. The molecule has 0 aliphatic carbocycles. The zero-order chi connectivity index (χ0) is 13.0. The molecule has 0 bridgehead atoms. The van der Waals surface area contributed by atoms with E-state index in [0.29, 0.717) is 0 Å². The number of hydrogen-bond donors (Lipinski definition) is 1. The maximum absolute atomic E-state index is 4.31. The fourth-order valence-corrected chi connectivity index (χ4v) is 1.99. The molecule has 0 spiro atoms. The lowest BCUT2D eigenvalue weighted by molar-refractivity contribution is 0.658. The van der Waals surface area contributed by atoms with Crippen molar-refractivity contribution in [3.05, 3.63) is 47.8 Å². The molecular formula is C15H21N3. The van der Waals surface area contributed by atoms with E-state index in [9.17, 15) is 0 Å². The van der Waals surface area contributed by atoms with Gasteiger partial charge in [0.15, 0.2) is 0 Å². The average molecular weight is 243 g/mol. The highest BCUT2D eigenvalue weighted by atomic mass is 15.3. The van der Waals surface area contributed by atoms with E-state index in [1.807, 2.05) is 10.9 Å². The summed E-state index contributed by atoms with van der Waals surface area (Å²) in [6, 6.07) is 8.85. The molecule has 3 heteroatoms. The minimum Gasteiger partial charge on any atom is -0.378 e. The lowest BCUT2D eigenvalue weighted by atomic mass is 10.1. The zero-order valence-corrected chi connectivity index (χ0v) is 11.4. The highest BCUT2D eigenvalue weighted by molar-refractivity contribution is 5.47. The van der Waals surface area contributed by atoms with Crippen molar-refractivity contribution in [2.24, 2.45) is 0 Å². The smallest absolute Gasteiger partial charge is 0.0542 e. The third-order valence-corrected chi connectivity index (χ3v) is 3.20. The Bertz CT molecular complexity index is 502. The predicted molar refractivity (Wildman–Crippen MR) is 75.8 cm³/mol. The van der Waals surface area contributed by atoms with Crippen molar-refractivity contribution < 1.29 is 0 Å². The molecule has 0 saturated heterocycles. The van der Waals surface area contributed by atoms with E-state index in [1.54, 1.807) is 0 Å². The normalized spacial score (nSPS) is 12.4. The summed E-state index contributed by atoms with van der Waals surface area (Å²) in [5.41, 5.74) is 3.75. The van der Waals surface area contributed by atoms with E-state index in [-0.39, 0.29) is 6.04 Å². The van der Waals surface area contributed by atoms with Crippen LogP contribution in [0.4, 0.5) is 5.69 Å². The van der Waals surface area contributed by atoms with E-state index >= 15 is 0 Å². The van der Waals surface area contributed by atoms with Gasteiger partial charge >= 0.3 is 0 Å². The van der Waals surface area contributed by atoms with Crippen molar-refractivity contribution in [3.63, 3.8) is 0 Å². The molecule has 1 N–H and O–H groups in total. The van der Waals surface area contributed by atoms with Crippen molar-refractivity contribution in [1.82, 2.24) is 9.78 Å². The van der Waals surface area contributed by atoms with Crippen molar-refractivity contribution in [2.75, 3.05) is 5.32 Å². The zero-order valence-electron chi connectivity index (χ0n) is 11.4. The first-order valence-corrected chi connectivity index (χ1v) is 6.60. The summed E-state index contributed by atoms with van der Waals surface area (Å²) in [6.07, 6.45) is 5.10. The minimum absolute atomic E-state index is 0.275. The largest absolute Gasteiger partial charge is 0.378 e. The van der Waals surface area contributed by atoms with Gasteiger partial charge in [0, 0.05) is 24.0 Å². The molecule has 0 fully saturated rings.